The molecule has 2 aromatic rings. The van der Waals surface area contributed by atoms with Crippen LogP contribution in [0, 0.1) is 5.41 Å². The summed E-state index contributed by atoms with van der Waals surface area (Å²) < 4.78 is 1.69. The quantitative estimate of drug-likeness (QED) is 0.679. The first-order chi connectivity index (χ1) is 11.5. The fourth-order valence-electron chi connectivity index (χ4n) is 2.32. The van der Waals surface area contributed by atoms with Gasteiger partial charge in [-0.3, -0.25) is 14.4 Å². The lowest BCUT2D eigenvalue weighted by Crippen LogP contribution is -2.40. The zero-order valence-corrected chi connectivity index (χ0v) is 12.7. The average molecular weight is 328 g/mol. The average Bonchev–Trinajstić information content (AvgIpc) is 3.22. The fraction of sp³-hybridized carbons (Fsp3) is 0.250. The summed E-state index contributed by atoms with van der Waals surface area (Å²) in [5.41, 5.74) is 0.0825. The third kappa shape index (κ3) is 3.12. The van der Waals surface area contributed by atoms with Gasteiger partial charge in [0.05, 0.1) is 12.2 Å². The number of carbonyl (C=O) groups excluding carboxylic acids is 2. The van der Waals surface area contributed by atoms with Crippen molar-refractivity contribution in [2.75, 3.05) is 11.9 Å². The van der Waals surface area contributed by atoms with E-state index in [1.165, 1.54) is 0 Å². The lowest BCUT2D eigenvalue weighted by Gasteiger charge is -2.11. The number of amides is 2. The Hall–Kier alpha value is -3.16. The number of aromatic nitrogens is 2. The molecule has 0 unspecified atom stereocenters. The first kappa shape index (κ1) is 15.7. The largest absolute Gasteiger partial charge is 0.480 e. The molecular formula is C16H16N4O4. The number of hydrogen-bond acceptors (Lipinski definition) is 4. The molecule has 1 fully saturated rings. The van der Waals surface area contributed by atoms with E-state index in [1.807, 2.05) is 6.07 Å². The van der Waals surface area contributed by atoms with E-state index in [4.69, 9.17) is 5.11 Å². The van der Waals surface area contributed by atoms with E-state index >= 15 is 0 Å². The number of carbonyl (C=O) groups is 3. The highest BCUT2D eigenvalue weighted by molar-refractivity contribution is 6.06. The van der Waals surface area contributed by atoms with Crippen LogP contribution in [0.25, 0.3) is 5.69 Å². The molecule has 0 spiro atoms. The van der Waals surface area contributed by atoms with Gasteiger partial charge in [0, 0.05) is 18.1 Å². The summed E-state index contributed by atoms with van der Waals surface area (Å²) in [6, 6.07) is 8.84. The van der Waals surface area contributed by atoms with Gasteiger partial charge < -0.3 is 15.7 Å². The number of nitrogens with one attached hydrogen (secondary N) is 2. The molecule has 3 N–H and O–H groups in total. The molecule has 0 saturated heterocycles. The van der Waals surface area contributed by atoms with Gasteiger partial charge in [-0.1, -0.05) is 0 Å². The van der Waals surface area contributed by atoms with E-state index in [9.17, 15) is 14.4 Å². The van der Waals surface area contributed by atoms with Crippen LogP contribution < -0.4 is 10.6 Å². The first-order valence-corrected chi connectivity index (χ1v) is 7.43. The zero-order chi connectivity index (χ0) is 17.2. The van der Waals surface area contributed by atoms with Crippen molar-refractivity contribution in [3.8, 4) is 5.69 Å². The number of aliphatic carboxylic acids is 1. The monoisotopic (exact) mass is 328 g/mol. The first-order valence-electron chi connectivity index (χ1n) is 7.43. The van der Waals surface area contributed by atoms with Crippen molar-refractivity contribution in [2.45, 2.75) is 12.8 Å². The maximum atomic E-state index is 11.9. The van der Waals surface area contributed by atoms with Gasteiger partial charge in [0.25, 0.3) is 0 Å². The Balaban J connectivity index is 1.52. The molecule has 1 aromatic heterocycles. The molecule has 3 rings (SSSR count). The third-order valence-corrected chi connectivity index (χ3v) is 3.92. The zero-order valence-electron chi connectivity index (χ0n) is 12.7. The van der Waals surface area contributed by atoms with E-state index in [-0.39, 0.29) is 6.54 Å². The number of carboxylic acid groups (broad SMARTS) is 1. The molecule has 2 amide bonds. The maximum absolute atomic E-state index is 11.9. The van der Waals surface area contributed by atoms with E-state index in [0.717, 1.165) is 5.69 Å². The molecule has 0 aliphatic heterocycles. The van der Waals surface area contributed by atoms with Crippen molar-refractivity contribution >= 4 is 23.5 Å². The summed E-state index contributed by atoms with van der Waals surface area (Å²) in [6.45, 7) is -0.269. The van der Waals surface area contributed by atoms with Crippen LogP contribution in [0.5, 0.6) is 0 Å². The molecular weight excluding hydrogens is 312 g/mol. The van der Waals surface area contributed by atoms with Crippen LogP contribution in [-0.4, -0.2) is 39.2 Å². The van der Waals surface area contributed by atoms with Crippen LogP contribution in [0.2, 0.25) is 0 Å². The number of carboxylic acids is 1. The van der Waals surface area contributed by atoms with Gasteiger partial charge in [0.1, 0.15) is 5.41 Å². The van der Waals surface area contributed by atoms with Gasteiger partial charge in [0.15, 0.2) is 0 Å². The highest BCUT2D eigenvalue weighted by Crippen LogP contribution is 2.45. The smallest absolute Gasteiger partial charge is 0.319 e. The van der Waals surface area contributed by atoms with E-state index in [0.29, 0.717) is 18.5 Å². The molecule has 1 aromatic carbocycles. The molecule has 124 valence electrons. The number of nitrogens with zero attached hydrogens (tertiary/aromatic N) is 2. The number of benzene rings is 1. The van der Waals surface area contributed by atoms with Gasteiger partial charge in [-0.2, -0.15) is 5.10 Å². The Morgan fingerprint density at radius 3 is 2.46 bits per heavy atom. The molecule has 1 aliphatic carbocycles. The van der Waals surface area contributed by atoms with Crippen molar-refractivity contribution in [2.24, 2.45) is 5.41 Å². The normalized spacial score (nSPS) is 14.7. The summed E-state index contributed by atoms with van der Waals surface area (Å²) in [4.78, 5) is 34.7. The molecule has 1 saturated carbocycles. The number of anilines is 1. The van der Waals surface area contributed by atoms with Crippen LogP contribution in [0.15, 0.2) is 42.7 Å². The molecule has 0 bridgehead atoms. The second kappa shape index (κ2) is 6.15. The Kier molecular flexibility index (Phi) is 4.03. The van der Waals surface area contributed by atoms with E-state index < -0.39 is 23.2 Å². The van der Waals surface area contributed by atoms with Gasteiger partial charge >= 0.3 is 5.97 Å². The Bertz CT molecular complexity index is 764. The van der Waals surface area contributed by atoms with Gasteiger partial charge in [-0.05, 0) is 43.2 Å². The molecule has 1 heterocycles. The Labute approximate surface area is 137 Å². The van der Waals surface area contributed by atoms with Gasteiger partial charge in [-0.15, -0.1) is 0 Å². The van der Waals surface area contributed by atoms with Crippen LogP contribution >= 0.6 is 0 Å². The molecule has 0 atom stereocenters. The summed E-state index contributed by atoms with van der Waals surface area (Å²) in [7, 11) is 0. The second-order valence-electron chi connectivity index (χ2n) is 5.62. The van der Waals surface area contributed by atoms with Crippen molar-refractivity contribution in [1.82, 2.24) is 15.1 Å². The summed E-state index contributed by atoms with van der Waals surface area (Å²) >= 11 is 0. The minimum Gasteiger partial charge on any atom is -0.480 e. The van der Waals surface area contributed by atoms with Crippen molar-refractivity contribution in [3.05, 3.63) is 42.7 Å². The predicted molar refractivity (Wildman–Crippen MR) is 84.5 cm³/mol. The second-order valence-corrected chi connectivity index (χ2v) is 5.62. The number of rotatable bonds is 6. The lowest BCUT2D eigenvalue weighted by molar-refractivity contribution is -0.149. The minimum absolute atomic E-state index is 0.269. The predicted octanol–water partition coefficient (Wildman–Crippen LogP) is 0.792. The summed E-state index contributed by atoms with van der Waals surface area (Å²) in [6.07, 6.45) is 4.09. The van der Waals surface area contributed by atoms with Gasteiger partial charge in [0.2, 0.25) is 11.8 Å². The fourth-order valence-corrected chi connectivity index (χ4v) is 2.32. The van der Waals surface area contributed by atoms with E-state index in [2.05, 4.69) is 15.7 Å². The lowest BCUT2D eigenvalue weighted by atomic mass is 10.1. The highest BCUT2D eigenvalue weighted by atomic mass is 16.4. The highest BCUT2D eigenvalue weighted by Gasteiger charge is 2.57. The van der Waals surface area contributed by atoms with Crippen LogP contribution in [-0.2, 0) is 14.4 Å². The minimum atomic E-state index is -1.34. The molecule has 8 heteroatoms. The van der Waals surface area contributed by atoms with Crippen molar-refractivity contribution in [1.29, 1.82) is 0 Å². The molecule has 8 nitrogen and oxygen atoms in total. The van der Waals surface area contributed by atoms with E-state index in [1.54, 1.807) is 41.3 Å². The topological polar surface area (TPSA) is 113 Å². The van der Waals surface area contributed by atoms with Crippen molar-refractivity contribution < 1.29 is 19.5 Å². The van der Waals surface area contributed by atoms with Gasteiger partial charge in [-0.25, -0.2) is 4.68 Å². The summed E-state index contributed by atoms with van der Waals surface area (Å²) in [5.74, 6) is -2.18. The van der Waals surface area contributed by atoms with Crippen molar-refractivity contribution in [3.63, 3.8) is 0 Å². The number of hydrogen-bond donors (Lipinski definition) is 3. The van der Waals surface area contributed by atoms with Crippen LogP contribution in [0.1, 0.15) is 12.8 Å². The standard InChI is InChI=1S/C16H16N4O4/c21-13(10-17-14(22)16(6-7-16)15(23)24)19-11-2-4-12(5-3-11)20-9-1-8-18-20/h1-5,8-9H,6-7,10H2,(H,17,22)(H,19,21)(H,23,24). The summed E-state index contributed by atoms with van der Waals surface area (Å²) in [5, 5.41) is 18.1. The SMILES string of the molecule is O=C(CNC(=O)C1(C(=O)O)CC1)Nc1ccc(-n2cccn2)cc1. The third-order valence-electron chi connectivity index (χ3n) is 3.92. The molecule has 24 heavy (non-hydrogen) atoms. The Morgan fingerprint density at radius 2 is 1.92 bits per heavy atom. The Morgan fingerprint density at radius 1 is 1.21 bits per heavy atom. The molecule has 0 radical (unpaired) electrons. The van der Waals surface area contributed by atoms with Crippen LogP contribution in [0.4, 0.5) is 5.69 Å². The van der Waals surface area contributed by atoms with Crippen LogP contribution in [0.3, 0.4) is 0 Å². The molecule has 1 aliphatic rings. The maximum Gasteiger partial charge on any atom is 0.319 e.